The number of hydrogen-bond acceptors (Lipinski definition) is 24. The Hall–Kier alpha value is -12.8. The van der Waals surface area contributed by atoms with Crippen molar-refractivity contribution in [3.63, 3.8) is 0 Å². The predicted molar refractivity (Wildman–Crippen MR) is 441 cm³/mol. The highest BCUT2D eigenvalue weighted by atomic mass is 32.2. The van der Waals surface area contributed by atoms with Gasteiger partial charge in [-0.2, -0.15) is 20.9 Å². The Morgan fingerprint density at radius 2 is 0.840 bits per heavy atom. The third-order valence-corrected chi connectivity index (χ3v) is 21.5. The van der Waals surface area contributed by atoms with E-state index in [4.69, 9.17) is 15.6 Å². The highest BCUT2D eigenvalue weighted by Gasteiger charge is 2.37. The summed E-state index contributed by atoms with van der Waals surface area (Å²) in [6.45, 7) is 10.3. The molecule has 0 saturated carbocycles. The summed E-state index contributed by atoms with van der Waals surface area (Å²) in [6, 6.07) is 55.4. The average molecular weight is 1660 g/mol. The van der Waals surface area contributed by atoms with Crippen molar-refractivity contribution in [2.75, 3.05) is 11.0 Å². The molecule has 8 atom stereocenters. The number of aromatic amines is 4. The lowest BCUT2D eigenvalue weighted by Gasteiger charge is -2.23. The van der Waals surface area contributed by atoms with Crippen molar-refractivity contribution < 1.29 is 66.3 Å². The van der Waals surface area contributed by atoms with Gasteiger partial charge in [0, 0.05) is 48.2 Å². The van der Waals surface area contributed by atoms with E-state index in [9.17, 15) is 61.5 Å². The van der Waals surface area contributed by atoms with Gasteiger partial charge in [-0.3, -0.25) is 23.9 Å². The van der Waals surface area contributed by atoms with Gasteiger partial charge in [-0.25, -0.2) is 27.0 Å². The molecule has 626 valence electrons. The number of primary sulfonamides is 1. The minimum absolute atomic E-state index is 0.000855. The summed E-state index contributed by atoms with van der Waals surface area (Å²) < 4.78 is 54.2. The summed E-state index contributed by atoms with van der Waals surface area (Å²) in [5, 5.41) is 110. The number of carboxylic acids is 4. The van der Waals surface area contributed by atoms with Crippen LogP contribution in [-0.4, -0.2) is 160 Å². The lowest BCUT2D eigenvalue weighted by atomic mass is 9.81. The van der Waals surface area contributed by atoms with E-state index in [1.807, 2.05) is 174 Å². The molecule has 0 aliphatic heterocycles. The molecule has 0 fully saturated rings. The number of sulfonamides is 2. The zero-order valence-corrected chi connectivity index (χ0v) is 68.1. The molecule has 0 saturated heterocycles. The maximum Gasteiger partial charge on any atom is 0.307 e. The van der Waals surface area contributed by atoms with E-state index in [0.717, 1.165) is 85.9 Å². The molecule has 0 spiro atoms. The van der Waals surface area contributed by atoms with Crippen molar-refractivity contribution in [3.05, 3.63) is 245 Å². The highest BCUT2D eigenvalue weighted by Crippen LogP contribution is 2.39. The lowest BCUT2D eigenvalue weighted by molar-refractivity contribution is -0.144. The minimum Gasteiger partial charge on any atom is -0.481 e. The zero-order valence-electron chi connectivity index (χ0n) is 66.5. The number of nitrogens with zero attached hydrogens (tertiary/aromatic N) is 13. The number of pyridine rings is 1. The van der Waals surface area contributed by atoms with Crippen LogP contribution in [0.4, 0.5) is 5.69 Å². The lowest BCUT2D eigenvalue weighted by Crippen LogP contribution is -2.26. The number of hydrogen-bond donors (Lipinski definition) is 12. The van der Waals surface area contributed by atoms with Crippen molar-refractivity contribution in [2.45, 2.75) is 147 Å². The molecule has 36 heteroatoms. The molecule has 5 heterocycles. The number of nitrogens with two attached hydrogens (primary N) is 2. The summed E-state index contributed by atoms with van der Waals surface area (Å²) in [4.78, 5) is 52.2. The van der Waals surface area contributed by atoms with Crippen LogP contribution in [0.1, 0.15) is 160 Å². The Labute approximate surface area is 688 Å². The van der Waals surface area contributed by atoms with Crippen molar-refractivity contribution >= 4 is 49.6 Å². The predicted octanol–water partition coefficient (Wildman–Crippen LogP) is 11.5. The molecule has 0 aliphatic carbocycles. The first kappa shape index (κ1) is 90.2. The van der Waals surface area contributed by atoms with Gasteiger partial charge in [-0.1, -0.05) is 214 Å². The molecular weight excluding hydrogens is 1570 g/mol. The number of carboxylic acid groups (broad SMARTS) is 4. The first-order valence-electron chi connectivity index (χ1n) is 38.6. The van der Waals surface area contributed by atoms with Gasteiger partial charge in [-0.15, -0.1) is 40.8 Å². The average Bonchev–Trinajstić information content (AvgIpc) is 1.63. The van der Waals surface area contributed by atoms with Crippen molar-refractivity contribution in [3.8, 4) is 45.0 Å². The van der Waals surface area contributed by atoms with E-state index in [1.165, 1.54) is 12.1 Å². The largest absolute Gasteiger partial charge is 0.481 e. The van der Waals surface area contributed by atoms with Crippen LogP contribution in [0.3, 0.4) is 0 Å². The summed E-state index contributed by atoms with van der Waals surface area (Å²) in [5.74, 6) is -4.86. The first-order chi connectivity index (χ1) is 57.2. The van der Waals surface area contributed by atoms with Crippen molar-refractivity contribution in [1.82, 2.24) is 87.5 Å². The SMILES string of the molecule is CC(C)C[C@H](C(=O)O)[C@H](Cc1ccc(Oc2cccc(CN)c2)nc1)c1nn[nH]n1.CCC[C@H](C(=O)O)[C@H](Cc1ccccc1-c1ccc(CO)cc1)c1nn[nH]n1.CCC[C@H](C(=O)O)[C@H](Cc1ccccc1-c1ccc(NS(C)(=O)=O)cc1)c1nn[nH]n1.CCC[C@H](C(=O)O)[C@H](Cc1ccccc1-c1ccc(S(N)(=O)=O)cc1)c1nn[nH]n1. The van der Waals surface area contributed by atoms with Gasteiger partial charge in [-0.05, 0) is 160 Å². The molecule has 7 aromatic carbocycles. The second kappa shape index (κ2) is 44.0. The molecule has 0 unspecified atom stereocenters. The monoisotopic (exact) mass is 1660 g/mol. The third-order valence-electron chi connectivity index (χ3n) is 19.9. The van der Waals surface area contributed by atoms with E-state index in [1.54, 1.807) is 36.5 Å². The van der Waals surface area contributed by atoms with Gasteiger partial charge < -0.3 is 36.0 Å². The van der Waals surface area contributed by atoms with Gasteiger partial charge in [0.2, 0.25) is 25.9 Å². The van der Waals surface area contributed by atoms with Gasteiger partial charge in [0.05, 0.1) is 41.4 Å². The molecule has 5 aromatic heterocycles. The van der Waals surface area contributed by atoms with E-state index < -0.39 is 85.3 Å². The van der Waals surface area contributed by atoms with Gasteiger partial charge in [0.15, 0.2) is 23.3 Å². The summed E-state index contributed by atoms with van der Waals surface area (Å²) in [5.41, 5.74) is 17.2. The maximum atomic E-state index is 12.0. The number of ether oxygens (including phenoxy) is 1. The fourth-order valence-corrected chi connectivity index (χ4v) is 15.3. The molecule has 119 heavy (non-hydrogen) atoms. The number of aliphatic carboxylic acids is 4. The Morgan fingerprint density at radius 3 is 1.17 bits per heavy atom. The Balaban J connectivity index is 0.000000181. The van der Waals surface area contributed by atoms with Crippen LogP contribution in [-0.2, 0) is 78.1 Å². The maximum absolute atomic E-state index is 12.0. The van der Waals surface area contributed by atoms with Crippen LogP contribution in [0.15, 0.2) is 193 Å². The van der Waals surface area contributed by atoms with E-state index >= 15 is 0 Å². The van der Waals surface area contributed by atoms with Crippen LogP contribution in [0, 0.1) is 29.6 Å². The quantitative estimate of drug-likeness (QED) is 0.0171. The molecule has 0 radical (unpaired) electrons. The fraction of sp³-hybridized carbons (Fsp3) is 0.337. The second-order valence-corrected chi connectivity index (χ2v) is 32.2. The molecule has 0 amide bonds. The Kier molecular flexibility index (Phi) is 33.3. The van der Waals surface area contributed by atoms with Crippen molar-refractivity contribution in [2.24, 2.45) is 40.5 Å². The summed E-state index contributed by atoms with van der Waals surface area (Å²) in [6.07, 6.45) is 8.77. The number of tetrazole rings is 4. The topological polar surface area (TPSA) is 542 Å². The molecule has 12 aromatic rings. The van der Waals surface area contributed by atoms with Crippen LogP contribution < -0.4 is 20.3 Å². The first-order valence-corrected chi connectivity index (χ1v) is 42.0. The Bertz CT molecular complexity index is 5390. The normalized spacial score (nSPS) is 13.4. The summed E-state index contributed by atoms with van der Waals surface area (Å²) in [7, 11) is -7.14. The number of benzene rings is 7. The molecular formula is C83H98N20O14S2. The molecule has 12 rings (SSSR count). The van der Waals surface area contributed by atoms with Gasteiger partial charge in [0.25, 0.3) is 0 Å². The molecule has 14 N–H and O–H groups in total. The third kappa shape index (κ3) is 26.4. The van der Waals surface area contributed by atoms with E-state index in [2.05, 4.69) is 92.2 Å². The number of nitrogens with one attached hydrogen (secondary N) is 5. The smallest absolute Gasteiger partial charge is 0.307 e. The number of anilines is 1. The van der Waals surface area contributed by atoms with E-state index in [0.29, 0.717) is 105 Å². The number of aliphatic hydroxyl groups excluding tert-OH is 1. The number of carbonyl (C=O) groups is 4. The van der Waals surface area contributed by atoms with Crippen LogP contribution in [0.2, 0.25) is 0 Å². The standard InChI is InChI=1S/C21H26N6O3.C21H25N5O4S.C21H24N4O3.C20H23N5O4S/c1-13(2)8-18(21(28)29)17(20-24-26-27-25-20)10-15-6-7-19(23-12-15)30-16-5-3-4-14(9-16)11-22;1-3-6-18(21(27)28)19(20-22-25-26-23-20)13-15-7-4-5-8-17(15)14-9-11-16(12-10-14)24-31(2,29)30;1-2-5-18(21(27)28)19(20-22-24-25-23-20)12-16-6-3-4-7-17(16)15-10-8-14(13-26)9-11-15;1-2-5-17(20(26)27)18(19-22-24-25-23-19)12-14-6-3-4-7-16(14)13-8-10-15(11-9-13)30(21,28)29/h3-7,9,12-13,17-18H,8,10-11,22H2,1-2H3,(H,28,29)(H,24,25,26,27);4-5,7-12,18-19,24H,3,6,13H2,1-2H3,(H,27,28)(H,22,23,25,26);3-4,6-11,18-19,26H,2,5,12-13H2,1H3,(H,27,28)(H,22,23,24,25);3-4,6-11,17-18H,2,5,12H2,1H3,(H,26,27)(H2,21,28,29)(H,22,23,24,25)/t17-,18-;2*18-,19-;17-,18-/m0000/s1. The van der Waals surface area contributed by atoms with Crippen molar-refractivity contribution in [1.29, 1.82) is 0 Å². The number of H-pyrrole nitrogens is 4. The fourth-order valence-electron chi connectivity index (χ4n) is 14.2. The molecule has 0 aliphatic rings. The van der Waals surface area contributed by atoms with Crippen LogP contribution in [0.25, 0.3) is 33.4 Å². The molecule has 0 bridgehead atoms. The highest BCUT2D eigenvalue weighted by molar-refractivity contribution is 7.92. The minimum atomic E-state index is -3.78. The van der Waals surface area contributed by atoms with E-state index in [-0.39, 0.29) is 23.3 Å². The Morgan fingerprint density at radius 1 is 0.462 bits per heavy atom. The number of aromatic nitrogens is 17. The summed E-state index contributed by atoms with van der Waals surface area (Å²) >= 11 is 0. The van der Waals surface area contributed by atoms with Crippen LogP contribution in [0.5, 0.6) is 11.6 Å². The van der Waals surface area contributed by atoms with Gasteiger partial charge >= 0.3 is 23.9 Å². The number of rotatable bonds is 38. The molecule has 34 nitrogen and oxygen atoms in total. The van der Waals surface area contributed by atoms with Crippen LogP contribution >= 0.6 is 0 Å². The number of aliphatic hydroxyl groups is 1. The second-order valence-electron chi connectivity index (χ2n) is 28.9. The zero-order chi connectivity index (χ0) is 85.6. The van der Waals surface area contributed by atoms with Gasteiger partial charge in [0.1, 0.15) is 5.75 Å².